The molecule has 1 unspecified atom stereocenters. The fourth-order valence-corrected chi connectivity index (χ4v) is 0.775. The van der Waals surface area contributed by atoms with Crippen LogP contribution >= 0.6 is 12.3 Å². The van der Waals surface area contributed by atoms with Crippen molar-refractivity contribution in [3.05, 3.63) is 0 Å². The Balaban J connectivity index is 0. The maximum atomic E-state index is 10.4. The van der Waals surface area contributed by atoms with E-state index in [0.717, 1.165) is 0 Å². The fourth-order valence-electron chi connectivity index (χ4n) is 0.419. The summed E-state index contributed by atoms with van der Waals surface area (Å²) in [4.78, 5) is 20.8. The Morgan fingerprint density at radius 1 is 1.42 bits per heavy atom. The van der Waals surface area contributed by atoms with Gasteiger partial charge in [-0.2, -0.15) is 0 Å². The van der Waals surface area contributed by atoms with Crippen LogP contribution in [0.25, 0.3) is 0 Å². The summed E-state index contributed by atoms with van der Waals surface area (Å²) in [5, 5.41) is 8.74. The zero-order chi connectivity index (χ0) is 7.56. The maximum Gasteiger partial charge on any atom is 0.350 e. The van der Waals surface area contributed by atoms with E-state index in [1.165, 1.54) is 0 Å². The van der Waals surface area contributed by atoms with E-state index < -0.39 is 18.0 Å². The van der Waals surface area contributed by atoms with E-state index in [2.05, 4.69) is 8.37 Å². The van der Waals surface area contributed by atoms with E-state index in [-0.39, 0.29) is 70.7 Å². The van der Waals surface area contributed by atoms with Crippen LogP contribution in [-0.2, 0) is 40.3 Å². The zero-order valence-electron chi connectivity index (χ0n) is 6.07. The molecule has 68 valence electrons. The Morgan fingerprint density at radius 3 is 2.58 bits per heavy atom. The van der Waals surface area contributed by atoms with Crippen molar-refractivity contribution in [1.82, 2.24) is 0 Å². The molecule has 1 fully saturated rings. The Bertz CT molecular complexity index is 177. The molecule has 0 spiro atoms. The van der Waals surface area contributed by atoms with Crippen LogP contribution in [0.3, 0.4) is 0 Å². The van der Waals surface area contributed by atoms with Gasteiger partial charge >= 0.3 is 11.9 Å². The minimum absolute atomic E-state index is 0. The third-order valence-corrected chi connectivity index (χ3v) is 1.36. The molecule has 0 aromatic carbocycles. The number of hydrogen-bond donors (Lipinski definition) is 1. The average Bonchev–Trinajstić information content (AvgIpc) is 1.96. The van der Waals surface area contributed by atoms with Gasteiger partial charge in [-0.3, -0.25) is 4.79 Å². The van der Waals surface area contributed by atoms with Gasteiger partial charge in [-0.05, 0) is 0 Å². The smallest absolute Gasteiger partial charge is 0.350 e. The third kappa shape index (κ3) is 4.88. The van der Waals surface area contributed by atoms with Crippen molar-refractivity contribution in [2.45, 2.75) is 12.5 Å². The van der Waals surface area contributed by atoms with Crippen LogP contribution in [0.2, 0.25) is 0 Å². The molecule has 1 aliphatic heterocycles. The second kappa shape index (κ2) is 7.40. The first-order chi connectivity index (χ1) is 4.70. The van der Waals surface area contributed by atoms with E-state index in [9.17, 15) is 9.59 Å². The maximum absolute atomic E-state index is 10.4. The number of aliphatic hydroxyl groups is 1. The molecule has 5 nitrogen and oxygen atoms in total. The Morgan fingerprint density at radius 2 is 2.00 bits per heavy atom. The standard InChI is InChI=1S/C4H4O5S.Au.Na/c5-2-1-3(6)8-10-9-4(2)7;;/h2,5H,1H2;;. The normalized spacial score (nSPS) is 22.2. The van der Waals surface area contributed by atoms with Gasteiger partial charge in [0.1, 0.15) is 0 Å². The molecule has 1 heterocycles. The summed E-state index contributed by atoms with van der Waals surface area (Å²) in [6.07, 6.45) is -1.73. The molecule has 1 rings (SSSR count). The van der Waals surface area contributed by atoms with Gasteiger partial charge in [-0.15, -0.1) is 0 Å². The predicted octanol–water partition coefficient (Wildman–Crippen LogP) is -0.983. The summed E-state index contributed by atoms with van der Waals surface area (Å²) in [5.41, 5.74) is 0. The fraction of sp³-hybridized carbons (Fsp3) is 0.500. The van der Waals surface area contributed by atoms with Crippen LogP contribution in [0.5, 0.6) is 0 Å². The second-order valence-corrected chi connectivity index (χ2v) is 2.12. The van der Waals surface area contributed by atoms with Crippen LogP contribution in [-0.4, -0.2) is 52.7 Å². The first kappa shape index (κ1) is 15.5. The van der Waals surface area contributed by atoms with Crippen LogP contribution < -0.4 is 0 Å². The summed E-state index contributed by atoms with van der Waals surface area (Å²) in [5.74, 6) is -1.51. The molecular formula is C4H4AuNaO5S. The van der Waals surface area contributed by atoms with Crippen LogP contribution in [0.1, 0.15) is 6.42 Å². The van der Waals surface area contributed by atoms with Crippen LogP contribution in [0.15, 0.2) is 0 Å². The van der Waals surface area contributed by atoms with Crippen LogP contribution in [0, 0.1) is 0 Å². The molecule has 0 aromatic heterocycles. The van der Waals surface area contributed by atoms with Crippen molar-refractivity contribution in [2.24, 2.45) is 0 Å². The Kier molecular flexibility index (Phi) is 9.53. The average molecular weight is 384 g/mol. The molecule has 1 atom stereocenters. The van der Waals surface area contributed by atoms with Gasteiger partial charge in [0.2, 0.25) is 0 Å². The quantitative estimate of drug-likeness (QED) is 0.428. The summed E-state index contributed by atoms with van der Waals surface area (Å²) < 4.78 is 8.39. The molecule has 1 aliphatic rings. The minimum atomic E-state index is -1.39. The van der Waals surface area contributed by atoms with E-state index in [0.29, 0.717) is 0 Å². The van der Waals surface area contributed by atoms with Gasteiger partial charge in [0, 0.05) is 51.9 Å². The molecule has 0 aliphatic carbocycles. The van der Waals surface area contributed by atoms with E-state index in [4.69, 9.17) is 5.11 Å². The van der Waals surface area contributed by atoms with Gasteiger partial charge in [0.15, 0.2) is 6.10 Å². The Hall–Kier alpha value is 0.990. The first-order valence-electron chi connectivity index (χ1n) is 2.46. The molecule has 12 heavy (non-hydrogen) atoms. The SMILES string of the molecule is O=C1CC(O)C(=O)OSO1.[Au].[Na]. The minimum Gasteiger partial charge on any atom is -0.381 e. The van der Waals surface area contributed by atoms with Crippen molar-refractivity contribution in [1.29, 1.82) is 0 Å². The number of rotatable bonds is 0. The molecule has 8 heteroatoms. The molecule has 0 bridgehead atoms. The third-order valence-electron chi connectivity index (χ3n) is 0.875. The molecule has 0 amide bonds. The van der Waals surface area contributed by atoms with E-state index in [1.54, 1.807) is 0 Å². The number of carbonyl (C=O) groups excluding carboxylic acids is 2. The van der Waals surface area contributed by atoms with Gasteiger partial charge in [-0.25, -0.2) is 4.79 Å². The summed E-state index contributed by atoms with van der Waals surface area (Å²) >= 11 is 0.277. The molecule has 1 saturated heterocycles. The van der Waals surface area contributed by atoms with Crippen LogP contribution in [0.4, 0.5) is 0 Å². The van der Waals surface area contributed by atoms with Gasteiger partial charge in [0.25, 0.3) is 12.3 Å². The molecule has 1 N–H and O–H groups in total. The largest absolute Gasteiger partial charge is 0.381 e. The number of hydrogen-bond acceptors (Lipinski definition) is 6. The van der Waals surface area contributed by atoms with Gasteiger partial charge in [-0.1, -0.05) is 0 Å². The van der Waals surface area contributed by atoms with Crippen molar-refractivity contribution in [2.75, 3.05) is 0 Å². The van der Waals surface area contributed by atoms with Crippen molar-refractivity contribution in [3.8, 4) is 0 Å². The zero-order valence-corrected chi connectivity index (χ0v) is 11.1. The predicted molar refractivity (Wildman–Crippen MR) is 36.2 cm³/mol. The topological polar surface area (TPSA) is 72.8 Å². The molecule has 0 saturated carbocycles. The number of aliphatic hydroxyl groups excluding tert-OH is 1. The number of carbonyl (C=O) groups is 2. The first-order valence-corrected chi connectivity index (χ1v) is 3.13. The molecular weight excluding hydrogens is 380 g/mol. The molecule has 0 aromatic rings. The van der Waals surface area contributed by atoms with Gasteiger partial charge in [0.05, 0.1) is 6.42 Å². The summed E-state index contributed by atoms with van der Waals surface area (Å²) in [6, 6.07) is 0. The monoisotopic (exact) mass is 384 g/mol. The summed E-state index contributed by atoms with van der Waals surface area (Å²) in [7, 11) is 0. The van der Waals surface area contributed by atoms with E-state index >= 15 is 0 Å². The summed E-state index contributed by atoms with van der Waals surface area (Å²) in [6.45, 7) is 0. The van der Waals surface area contributed by atoms with Crippen molar-refractivity contribution < 1.29 is 45.4 Å². The van der Waals surface area contributed by atoms with Crippen molar-refractivity contribution in [3.63, 3.8) is 0 Å². The van der Waals surface area contributed by atoms with Gasteiger partial charge < -0.3 is 13.5 Å². The Labute approximate surface area is 111 Å². The van der Waals surface area contributed by atoms with E-state index in [1.807, 2.05) is 0 Å². The molecule has 2 radical (unpaired) electrons. The second-order valence-electron chi connectivity index (χ2n) is 1.65. The van der Waals surface area contributed by atoms with Crippen molar-refractivity contribution >= 4 is 53.8 Å².